The fourth-order valence-corrected chi connectivity index (χ4v) is 5.13. The van der Waals surface area contributed by atoms with E-state index in [4.69, 9.17) is 4.74 Å². The summed E-state index contributed by atoms with van der Waals surface area (Å²) in [5.41, 5.74) is 3.76. The van der Waals surface area contributed by atoms with Crippen LogP contribution in [0.1, 0.15) is 34.3 Å². The minimum absolute atomic E-state index is 0. The van der Waals surface area contributed by atoms with E-state index in [1.54, 1.807) is 12.1 Å². The highest BCUT2D eigenvalue weighted by Crippen LogP contribution is 2.23. The monoisotopic (exact) mass is 479 g/mol. The van der Waals surface area contributed by atoms with Crippen molar-refractivity contribution in [1.29, 1.82) is 0 Å². The average molecular weight is 480 g/mol. The number of hydrogen-bond acceptors (Lipinski definition) is 5. The minimum atomic E-state index is -3.57. The van der Waals surface area contributed by atoms with Gasteiger partial charge in [-0.25, -0.2) is 13.1 Å². The summed E-state index contributed by atoms with van der Waals surface area (Å²) in [7, 11) is -3.57. The first-order valence-corrected chi connectivity index (χ1v) is 12.3. The lowest BCUT2D eigenvalue weighted by atomic mass is 10.1. The number of ether oxygens (including phenoxy) is 1. The van der Waals surface area contributed by atoms with E-state index in [0.717, 1.165) is 58.5 Å². The van der Waals surface area contributed by atoms with Crippen molar-refractivity contribution in [3.05, 3.63) is 59.2 Å². The number of carbonyl (C=O) groups is 1. The summed E-state index contributed by atoms with van der Waals surface area (Å²) in [6.45, 7) is 4.50. The molecule has 2 N–H and O–H groups in total. The normalized spacial score (nSPS) is 16.2. The molecule has 2 aromatic carbocycles. The Morgan fingerprint density at radius 3 is 2.47 bits per heavy atom. The number of halogens is 1. The molecule has 4 rings (SSSR count). The summed E-state index contributed by atoms with van der Waals surface area (Å²) in [6.07, 6.45) is 3.97. The van der Waals surface area contributed by atoms with E-state index in [0.29, 0.717) is 17.8 Å². The first-order valence-electron chi connectivity index (χ1n) is 10.8. The van der Waals surface area contributed by atoms with Gasteiger partial charge in [-0.05, 0) is 79.8 Å². The summed E-state index contributed by atoms with van der Waals surface area (Å²) in [4.78, 5) is 15.0. The summed E-state index contributed by atoms with van der Waals surface area (Å²) in [5.74, 6) is -0.188. The smallest absolute Gasteiger partial charge is 0.255 e. The van der Waals surface area contributed by atoms with Crippen LogP contribution in [0, 0.1) is 0 Å². The maximum atomic E-state index is 12.5. The van der Waals surface area contributed by atoms with Crippen LogP contribution in [0.15, 0.2) is 47.4 Å². The van der Waals surface area contributed by atoms with Crippen LogP contribution >= 0.6 is 12.4 Å². The molecule has 1 saturated heterocycles. The van der Waals surface area contributed by atoms with E-state index in [-0.39, 0.29) is 23.2 Å². The third-order valence-corrected chi connectivity index (χ3v) is 7.31. The highest BCUT2D eigenvalue weighted by Gasteiger charge is 2.16. The van der Waals surface area contributed by atoms with Crippen molar-refractivity contribution in [2.45, 2.75) is 30.6 Å². The molecule has 0 spiro atoms. The van der Waals surface area contributed by atoms with Gasteiger partial charge in [0.2, 0.25) is 10.0 Å². The average Bonchev–Trinajstić information content (AvgIpc) is 3.26. The number of fused-ring (bicyclic) bond motifs is 1. The molecule has 9 heteroatoms. The van der Waals surface area contributed by atoms with Crippen LogP contribution in [0.2, 0.25) is 0 Å². The van der Waals surface area contributed by atoms with Gasteiger partial charge in [0.15, 0.2) is 0 Å². The molecule has 1 amide bonds. The number of anilines is 1. The topological polar surface area (TPSA) is 87.7 Å². The second-order valence-corrected chi connectivity index (χ2v) is 9.79. The minimum Gasteiger partial charge on any atom is -0.379 e. The molecule has 1 fully saturated rings. The predicted molar refractivity (Wildman–Crippen MR) is 127 cm³/mol. The second kappa shape index (κ2) is 11.2. The quantitative estimate of drug-likeness (QED) is 0.568. The zero-order valence-electron chi connectivity index (χ0n) is 18.0. The van der Waals surface area contributed by atoms with Crippen LogP contribution in [0.5, 0.6) is 0 Å². The lowest BCUT2D eigenvalue weighted by Crippen LogP contribution is -2.38. The molecule has 2 aliphatic rings. The first-order chi connectivity index (χ1) is 15.0. The van der Waals surface area contributed by atoms with Gasteiger partial charge in [0.05, 0.1) is 18.1 Å². The van der Waals surface area contributed by atoms with Gasteiger partial charge in [0.25, 0.3) is 5.91 Å². The first kappa shape index (κ1) is 24.7. The molecule has 0 radical (unpaired) electrons. The summed E-state index contributed by atoms with van der Waals surface area (Å²) < 4.78 is 33.0. The number of carbonyl (C=O) groups excluding carboxylic acids is 1. The number of nitrogens with one attached hydrogen (secondary N) is 2. The number of amides is 1. The number of aryl methyl sites for hydroxylation is 2. The number of nitrogens with zero attached hydrogens (tertiary/aromatic N) is 1. The Morgan fingerprint density at radius 1 is 1.00 bits per heavy atom. The summed E-state index contributed by atoms with van der Waals surface area (Å²) in [6, 6.07) is 12.1. The maximum Gasteiger partial charge on any atom is 0.255 e. The van der Waals surface area contributed by atoms with Crippen LogP contribution in [-0.4, -0.2) is 58.6 Å². The molecule has 0 saturated carbocycles. The maximum absolute atomic E-state index is 12.5. The van der Waals surface area contributed by atoms with E-state index < -0.39 is 10.0 Å². The van der Waals surface area contributed by atoms with Crippen molar-refractivity contribution in [1.82, 2.24) is 9.62 Å². The molecule has 2 aromatic rings. The fraction of sp³-hybridized carbons (Fsp3) is 0.435. The number of morpholine rings is 1. The largest absolute Gasteiger partial charge is 0.379 e. The van der Waals surface area contributed by atoms with Crippen LogP contribution in [0.25, 0.3) is 0 Å². The Balaban J connectivity index is 0.00000289. The lowest BCUT2D eigenvalue weighted by molar-refractivity contribution is 0.0376. The van der Waals surface area contributed by atoms with Gasteiger partial charge >= 0.3 is 0 Å². The Bertz CT molecular complexity index is 1020. The van der Waals surface area contributed by atoms with Gasteiger partial charge in [-0.1, -0.05) is 6.07 Å². The van der Waals surface area contributed by atoms with Gasteiger partial charge in [-0.15, -0.1) is 12.4 Å². The molecule has 0 unspecified atom stereocenters. The Labute approximate surface area is 196 Å². The van der Waals surface area contributed by atoms with Gasteiger partial charge in [0.1, 0.15) is 0 Å². The zero-order chi connectivity index (χ0) is 21.7. The van der Waals surface area contributed by atoms with Crippen molar-refractivity contribution in [3.63, 3.8) is 0 Å². The van der Waals surface area contributed by atoms with Crippen molar-refractivity contribution in [2.75, 3.05) is 44.7 Å². The van der Waals surface area contributed by atoms with E-state index in [1.165, 1.54) is 23.3 Å². The third-order valence-electron chi connectivity index (χ3n) is 5.83. The standard InChI is InChI=1S/C23H29N3O4S.ClH/c27-23(20-6-5-18-3-1-4-19(18)17-20)25-21-7-9-22(10-8-21)31(28,29)24-11-2-12-26-13-15-30-16-14-26;/h5-10,17,24H,1-4,11-16H2,(H,25,27);1H. The zero-order valence-corrected chi connectivity index (χ0v) is 19.6. The third kappa shape index (κ3) is 6.30. The Morgan fingerprint density at radius 2 is 1.72 bits per heavy atom. The van der Waals surface area contributed by atoms with Gasteiger partial charge in [-0.3, -0.25) is 9.69 Å². The van der Waals surface area contributed by atoms with Crippen LogP contribution in [0.3, 0.4) is 0 Å². The summed E-state index contributed by atoms with van der Waals surface area (Å²) in [5, 5.41) is 2.85. The van der Waals surface area contributed by atoms with Crippen molar-refractivity contribution in [3.8, 4) is 0 Å². The molecular formula is C23H30ClN3O4S. The molecule has 1 aliphatic heterocycles. The van der Waals surface area contributed by atoms with Crippen LogP contribution in [0.4, 0.5) is 5.69 Å². The van der Waals surface area contributed by atoms with Crippen LogP contribution < -0.4 is 10.0 Å². The van der Waals surface area contributed by atoms with Crippen molar-refractivity contribution < 1.29 is 17.9 Å². The highest BCUT2D eigenvalue weighted by molar-refractivity contribution is 7.89. The van der Waals surface area contributed by atoms with Crippen LogP contribution in [-0.2, 0) is 27.6 Å². The summed E-state index contributed by atoms with van der Waals surface area (Å²) >= 11 is 0. The molecule has 7 nitrogen and oxygen atoms in total. The molecule has 0 bridgehead atoms. The van der Waals surface area contributed by atoms with E-state index >= 15 is 0 Å². The van der Waals surface area contributed by atoms with E-state index in [9.17, 15) is 13.2 Å². The molecule has 1 heterocycles. The van der Waals surface area contributed by atoms with Crippen molar-refractivity contribution >= 4 is 34.0 Å². The van der Waals surface area contributed by atoms with Gasteiger partial charge in [0, 0.05) is 30.9 Å². The molecule has 0 aromatic heterocycles. The van der Waals surface area contributed by atoms with E-state index in [2.05, 4.69) is 14.9 Å². The molecule has 1 aliphatic carbocycles. The molecule has 0 atom stereocenters. The molecule has 174 valence electrons. The second-order valence-electron chi connectivity index (χ2n) is 8.02. The highest BCUT2D eigenvalue weighted by atomic mass is 35.5. The molecule has 32 heavy (non-hydrogen) atoms. The Hall–Kier alpha value is -1.97. The number of benzene rings is 2. The SMILES string of the molecule is Cl.O=C(Nc1ccc(S(=O)(=O)NCCCN2CCOCC2)cc1)c1ccc2c(c1)CCC2. The fourth-order valence-electron chi connectivity index (χ4n) is 4.05. The number of sulfonamides is 1. The predicted octanol–water partition coefficient (Wildman–Crippen LogP) is 2.85. The number of rotatable bonds is 8. The van der Waals surface area contributed by atoms with Gasteiger partial charge in [-0.2, -0.15) is 0 Å². The van der Waals surface area contributed by atoms with Gasteiger partial charge < -0.3 is 10.1 Å². The Kier molecular flexibility index (Phi) is 8.67. The number of hydrogen-bond donors (Lipinski definition) is 2. The van der Waals surface area contributed by atoms with Crippen molar-refractivity contribution in [2.24, 2.45) is 0 Å². The van der Waals surface area contributed by atoms with E-state index in [1.807, 2.05) is 18.2 Å². The lowest BCUT2D eigenvalue weighted by Gasteiger charge is -2.26. The molecular weight excluding hydrogens is 450 g/mol.